The third-order valence-corrected chi connectivity index (χ3v) is 12.3. The molecule has 0 saturated carbocycles. The molecule has 0 saturated heterocycles. The van der Waals surface area contributed by atoms with Crippen LogP contribution in [0.3, 0.4) is 0 Å². The normalized spacial score (nSPS) is 11.9. The molecule has 11 rings (SSSR count). The van der Waals surface area contributed by atoms with Crippen LogP contribution in [-0.2, 0) is 13.2 Å². The zero-order chi connectivity index (χ0) is 37.0. The smallest absolute Gasteiger partial charge is 0.387 e. The summed E-state index contributed by atoms with van der Waals surface area (Å²) < 4.78 is 38.9. The number of fused-ring (bicyclic) bond motifs is 14. The van der Waals surface area contributed by atoms with E-state index >= 15 is 0 Å². The number of aromatic nitrogens is 1. The van der Waals surface area contributed by atoms with Crippen molar-refractivity contribution in [2.45, 2.75) is 13.2 Å². The molecule has 7 nitrogen and oxygen atoms in total. The highest BCUT2D eigenvalue weighted by Crippen LogP contribution is 2.42. The molecule has 0 radical (unpaired) electrons. The first-order valence-electron chi connectivity index (χ1n) is 18.3. The first kappa shape index (κ1) is 33.0. The summed E-state index contributed by atoms with van der Waals surface area (Å²) in [5.74, 6) is 0. The SMILES string of the molecule is c1cc(COp2oc3ccc4ccccc4c3c3c(ccc4ccccc43)o2)nc(COp2oc3ccc4ccccc4c3c3c(ccc4ccccc43)o2)c1. The molecule has 0 N–H and O–H groups in total. The molecular weight excluding hydrogens is 736 g/mol. The molecule has 11 aromatic rings. The van der Waals surface area contributed by atoms with Crippen LogP contribution in [0, 0.1) is 0 Å². The van der Waals surface area contributed by atoms with E-state index in [1.165, 1.54) is 0 Å². The number of rotatable bonds is 6. The molecule has 8 aromatic carbocycles. The maximum Gasteiger partial charge on any atom is 0.387 e. The topological polar surface area (TPSA) is 83.9 Å². The minimum absolute atomic E-state index is 0.175. The second-order valence-corrected chi connectivity index (χ2v) is 15.8. The molecule has 0 spiro atoms. The molecule has 0 aliphatic carbocycles. The average Bonchev–Trinajstić information content (AvgIpc) is 3.53. The highest BCUT2D eigenvalue weighted by atomic mass is 31.1. The van der Waals surface area contributed by atoms with Gasteiger partial charge in [0.25, 0.3) is 0 Å². The van der Waals surface area contributed by atoms with Gasteiger partial charge in [-0.2, -0.15) is 0 Å². The largest absolute Gasteiger partial charge is 0.399 e. The van der Waals surface area contributed by atoms with Crippen LogP contribution in [0.1, 0.15) is 11.4 Å². The Morgan fingerprint density at radius 2 is 0.643 bits per heavy atom. The summed E-state index contributed by atoms with van der Waals surface area (Å²) >= 11 is 0. The maximum absolute atomic E-state index is 6.54. The Bertz CT molecular complexity index is 2990. The van der Waals surface area contributed by atoms with Crippen molar-refractivity contribution in [1.29, 1.82) is 0 Å². The lowest BCUT2D eigenvalue weighted by Crippen LogP contribution is -2.01. The Balaban J connectivity index is 0.938. The standard InChI is InChI=1S/C47H31NO6P2/c1-5-16-36-30(10-1)20-24-40-44(36)45-37-17-6-2-11-31(37)21-25-41(45)52-55(51-40)49-28-34-14-9-15-35(48-34)29-50-56-53-42-26-22-32-12-3-7-18-38(32)46(42)47-39-19-8-4-13-33(39)23-27-43(47)54-56/h1-27H,28-29H2. The third kappa shape index (κ3) is 5.81. The predicted octanol–water partition coefficient (Wildman–Crippen LogP) is 14.2. The summed E-state index contributed by atoms with van der Waals surface area (Å²) in [5, 5.41) is 12.9. The second-order valence-electron chi connectivity index (χ2n) is 13.6. The van der Waals surface area contributed by atoms with Crippen molar-refractivity contribution < 1.29 is 25.8 Å². The van der Waals surface area contributed by atoms with Gasteiger partial charge in [0.15, 0.2) is 0 Å². The monoisotopic (exact) mass is 767 g/mol. The van der Waals surface area contributed by atoms with Gasteiger partial charge in [0, 0.05) is 21.5 Å². The van der Waals surface area contributed by atoms with Crippen LogP contribution < -0.4 is 9.05 Å². The molecule has 0 atom stereocenters. The fourth-order valence-corrected chi connectivity index (χ4v) is 9.75. The number of pyridine rings is 1. The molecule has 0 aliphatic rings. The minimum atomic E-state index is -1.82. The molecule has 56 heavy (non-hydrogen) atoms. The predicted molar refractivity (Wildman–Crippen MR) is 227 cm³/mol. The van der Waals surface area contributed by atoms with Crippen LogP contribution in [0.5, 0.6) is 0 Å². The Kier molecular flexibility index (Phi) is 8.12. The molecule has 3 aromatic heterocycles. The van der Waals surface area contributed by atoms with Crippen LogP contribution in [0.15, 0.2) is 181 Å². The number of nitrogens with zero attached hydrogens (tertiary/aromatic N) is 1. The molecule has 9 heteroatoms. The van der Waals surface area contributed by atoms with E-state index in [1.807, 2.05) is 66.7 Å². The fourth-order valence-electron chi connectivity index (χ4n) is 7.73. The Labute approximate surface area is 321 Å². The molecule has 270 valence electrons. The summed E-state index contributed by atoms with van der Waals surface area (Å²) in [5.41, 5.74) is 4.30. The molecular formula is C47H31NO6P2. The van der Waals surface area contributed by atoms with Gasteiger partial charge >= 0.3 is 16.5 Å². The van der Waals surface area contributed by atoms with Crippen molar-refractivity contribution >= 4 is 103 Å². The molecule has 0 unspecified atom stereocenters. The van der Waals surface area contributed by atoms with Crippen LogP contribution in [0.4, 0.5) is 0 Å². The maximum atomic E-state index is 6.54. The molecule has 0 fully saturated rings. The van der Waals surface area contributed by atoms with Crippen molar-refractivity contribution in [2.24, 2.45) is 0 Å². The van der Waals surface area contributed by atoms with Gasteiger partial charge in [0.1, 0.15) is 35.5 Å². The summed E-state index contributed by atoms with van der Waals surface area (Å²) in [6.07, 6.45) is 0. The van der Waals surface area contributed by atoms with Crippen molar-refractivity contribution in [2.75, 3.05) is 0 Å². The Morgan fingerprint density at radius 1 is 0.339 bits per heavy atom. The van der Waals surface area contributed by atoms with Crippen molar-refractivity contribution in [3.63, 3.8) is 0 Å². The van der Waals surface area contributed by atoms with Crippen molar-refractivity contribution in [3.05, 3.63) is 175 Å². The summed E-state index contributed by atoms with van der Waals surface area (Å²) in [6, 6.07) is 55.5. The van der Waals surface area contributed by atoms with Crippen LogP contribution in [-0.4, -0.2) is 4.98 Å². The van der Waals surface area contributed by atoms with E-state index in [0.717, 1.165) is 87.0 Å². The van der Waals surface area contributed by atoms with Gasteiger partial charge in [-0.05, 0) is 79.5 Å². The van der Waals surface area contributed by atoms with E-state index in [0.29, 0.717) is 11.4 Å². The summed E-state index contributed by atoms with van der Waals surface area (Å²) in [7, 11) is -3.64. The summed E-state index contributed by atoms with van der Waals surface area (Å²) in [4.78, 5) is 4.88. The van der Waals surface area contributed by atoms with E-state index in [9.17, 15) is 0 Å². The molecule has 0 aliphatic heterocycles. The third-order valence-electron chi connectivity index (χ3n) is 10.3. The van der Waals surface area contributed by atoms with E-state index in [1.54, 1.807) is 0 Å². The lowest BCUT2D eigenvalue weighted by atomic mass is 9.99. The highest BCUT2D eigenvalue weighted by molar-refractivity contribution is 7.32. The zero-order valence-electron chi connectivity index (χ0n) is 29.8. The molecule has 0 bridgehead atoms. The van der Waals surface area contributed by atoms with E-state index in [-0.39, 0.29) is 13.2 Å². The van der Waals surface area contributed by atoms with Gasteiger partial charge in [0.05, 0.1) is 11.4 Å². The van der Waals surface area contributed by atoms with Crippen LogP contribution in [0.2, 0.25) is 0 Å². The van der Waals surface area contributed by atoms with E-state index in [4.69, 9.17) is 30.8 Å². The Hall–Kier alpha value is -6.33. The highest BCUT2D eigenvalue weighted by Gasteiger charge is 2.16. The second kappa shape index (κ2) is 13.8. The van der Waals surface area contributed by atoms with Gasteiger partial charge in [-0.25, -0.2) is 0 Å². The number of benzene rings is 8. The lowest BCUT2D eigenvalue weighted by Gasteiger charge is -2.05. The Morgan fingerprint density at radius 3 is 0.964 bits per heavy atom. The van der Waals surface area contributed by atoms with Gasteiger partial charge in [-0.15, -0.1) is 0 Å². The van der Waals surface area contributed by atoms with E-state index in [2.05, 4.69) is 97.1 Å². The molecule has 3 heterocycles. The van der Waals surface area contributed by atoms with E-state index < -0.39 is 16.5 Å². The van der Waals surface area contributed by atoms with Gasteiger partial charge in [-0.1, -0.05) is 127 Å². The van der Waals surface area contributed by atoms with Crippen molar-refractivity contribution in [3.8, 4) is 0 Å². The number of hydrogen-bond donors (Lipinski definition) is 0. The van der Waals surface area contributed by atoms with Gasteiger partial charge < -0.3 is 16.8 Å². The fraction of sp³-hybridized carbons (Fsp3) is 0.0426. The first-order valence-corrected chi connectivity index (χ1v) is 20.5. The van der Waals surface area contributed by atoms with Crippen molar-refractivity contribution in [1.82, 2.24) is 4.98 Å². The lowest BCUT2D eigenvalue weighted by molar-refractivity contribution is 0.348. The van der Waals surface area contributed by atoms with Gasteiger partial charge in [0.2, 0.25) is 0 Å². The number of hydrogen-bond acceptors (Lipinski definition) is 7. The zero-order valence-corrected chi connectivity index (χ0v) is 31.6. The summed E-state index contributed by atoms with van der Waals surface area (Å²) in [6.45, 7) is 0.349. The minimum Gasteiger partial charge on any atom is -0.399 e. The average molecular weight is 768 g/mol. The van der Waals surface area contributed by atoms with Gasteiger partial charge in [-0.3, -0.25) is 14.0 Å². The quantitative estimate of drug-likeness (QED) is 0.167. The van der Waals surface area contributed by atoms with Crippen LogP contribution in [0.25, 0.3) is 87.0 Å². The molecule has 0 amide bonds. The first-order chi connectivity index (χ1) is 27.7. The van der Waals surface area contributed by atoms with Crippen LogP contribution >= 0.6 is 16.5 Å².